The SMILES string of the molecule is COc1nn(C)cc1C(=O)N1CCN(c2ccc3ncnc(N(C)C)c3c2)CC1. The van der Waals surface area contributed by atoms with Crippen molar-refractivity contribution < 1.29 is 9.53 Å². The van der Waals surface area contributed by atoms with Gasteiger partial charge in [0.15, 0.2) is 0 Å². The average Bonchev–Trinajstić information content (AvgIpc) is 3.13. The van der Waals surface area contributed by atoms with Gasteiger partial charge in [0.1, 0.15) is 17.7 Å². The Morgan fingerprint density at radius 1 is 1.14 bits per heavy atom. The number of amides is 1. The zero-order valence-corrected chi connectivity index (χ0v) is 17.2. The Morgan fingerprint density at radius 2 is 1.90 bits per heavy atom. The van der Waals surface area contributed by atoms with Crippen molar-refractivity contribution in [1.29, 1.82) is 0 Å². The van der Waals surface area contributed by atoms with Gasteiger partial charge in [-0.3, -0.25) is 9.48 Å². The highest BCUT2D eigenvalue weighted by atomic mass is 16.5. The summed E-state index contributed by atoms with van der Waals surface area (Å²) >= 11 is 0. The molecule has 1 saturated heterocycles. The van der Waals surface area contributed by atoms with Gasteiger partial charge in [-0.2, -0.15) is 0 Å². The number of hydrogen-bond acceptors (Lipinski definition) is 7. The fraction of sp³-hybridized carbons (Fsp3) is 0.400. The quantitative estimate of drug-likeness (QED) is 0.661. The van der Waals surface area contributed by atoms with Gasteiger partial charge in [-0.15, -0.1) is 5.10 Å². The number of rotatable bonds is 4. The molecule has 29 heavy (non-hydrogen) atoms. The Labute approximate surface area is 169 Å². The number of aromatic nitrogens is 4. The summed E-state index contributed by atoms with van der Waals surface area (Å²) in [4.78, 5) is 27.8. The van der Waals surface area contributed by atoms with Crippen LogP contribution in [0.25, 0.3) is 10.9 Å². The molecule has 1 fully saturated rings. The molecule has 9 nitrogen and oxygen atoms in total. The van der Waals surface area contributed by atoms with Crippen LogP contribution >= 0.6 is 0 Å². The highest BCUT2D eigenvalue weighted by Gasteiger charge is 2.26. The lowest BCUT2D eigenvalue weighted by atomic mass is 10.1. The van der Waals surface area contributed by atoms with Crippen molar-refractivity contribution >= 4 is 28.3 Å². The lowest BCUT2D eigenvalue weighted by Crippen LogP contribution is -2.48. The first-order chi connectivity index (χ1) is 14.0. The molecule has 4 rings (SSSR count). The van der Waals surface area contributed by atoms with Gasteiger partial charge >= 0.3 is 0 Å². The van der Waals surface area contributed by atoms with Gasteiger partial charge in [0.2, 0.25) is 5.88 Å². The minimum atomic E-state index is -0.0450. The first kappa shape index (κ1) is 19.0. The van der Waals surface area contributed by atoms with Crippen molar-refractivity contribution in [3.63, 3.8) is 0 Å². The van der Waals surface area contributed by atoms with Gasteiger partial charge in [0.05, 0.1) is 12.6 Å². The van der Waals surface area contributed by atoms with E-state index in [1.165, 1.54) is 7.11 Å². The zero-order chi connectivity index (χ0) is 20.5. The van der Waals surface area contributed by atoms with Crippen molar-refractivity contribution in [3.8, 4) is 5.88 Å². The number of ether oxygens (including phenoxy) is 1. The topological polar surface area (TPSA) is 79.6 Å². The predicted molar refractivity (Wildman–Crippen MR) is 112 cm³/mol. The van der Waals surface area contributed by atoms with Crippen LogP contribution in [0, 0.1) is 0 Å². The second kappa shape index (κ2) is 7.57. The summed E-state index contributed by atoms with van der Waals surface area (Å²) in [7, 11) is 7.27. The standard InChI is InChI=1S/C20H25N7O2/c1-24(2)18-15-11-14(5-6-17(15)21-13-22-18)26-7-9-27(10-8-26)20(28)16-12-25(3)23-19(16)29-4/h5-6,11-13H,7-10H2,1-4H3. The molecule has 0 atom stereocenters. The van der Waals surface area contributed by atoms with Gasteiger partial charge in [-0.05, 0) is 18.2 Å². The average molecular weight is 395 g/mol. The van der Waals surface area contributed by atoms with E-state index >= 15 is 0 Å². The molecular formula is C20H25N7O2. The number of methoxy groups -OCH3 is 1. The monoisotopic (exact) mass is 395 g/mol. The third-order valence-corrected chi connectivity index (χ3v) is 5.17. The Morgan fingerprint density at radius 3 is 2.59 bits per heavy atom. The van der Waals surface area contributed by atoms with Crippen LogP contribution in [-0.2, 0) is 7.05 Å². The summed E-state index contributed by atoms with van der Waals surface area (Å²) in [6.07, 6.45) is 3.30. The maximum Gasteiger partial charge on any atom is 0.261 e. The molecule has 0 bridgehead atoms. The number of aryl methyl sites for hydroxylation is 1. The normalized spacial score (nSPS) is 14.3. The fourth-order valence-corrected chi connectivity index (χ4v) is 3.69. The molecule has 2 aromatic heterocycles. The fourth-order valence-electron chi connectivity index (χ4n) is 3.69. The molecule has 1 amide bonds. The third-order valence-electron chi connectivity index (χ3n) is 5.17. The lowest BCUT2D eigenvalue weighted by molar-refractivity contribution is 0.0743. The number of anilines is 2. The van der Waals surface area contributed by atoms with Crippen molar-refractivity contribution in [3.05, 3.63) is 36.3 Å². The molecule has 3 heterocycles. The van der Waals surface area contributed by atoms with Crippen molar-refractivity contribution in [2.24, 2.45) is 7.05 Å². The van der Waals surface area contributed by atoms with Gasteiger partial charge in [0, 0.05) is 64.6 Å². The molecule has 9 heteroatoms. The molecule has 0 spiro atoms. The summed E-state index contributed by atoms with van der Waals surface area (Å²) in [6, 6.07) is 6.24. The number of hydrogen-bond donors (Lipinski definition) is 0. The van der Waals surface area contributed by atoms with Crippen LogP contribution in [0.2, 0.25) is 0 Å². The molecule has 0 saturated carbocycles. The van der Waals surface area contributed by atoms with E-state index in [4.69, 9.17) is 4.74 Å². The number of carbonyl (C=O) groups is 1. The maximum atomic E-state index is 12.9. The highest BCUT2D eigenvalue weighted by Crippen LogP contribution is 2.27. The molecule has 3 aromatic rings. The lowest BCUT2D eigenvalue weighted by Gasteiger charge is -2.36. The maximum absolute atomic E-state index is 12.9. The summed E-state index contributed by atoms with van der Waals surface area (Å²) in [5.74, 6) is 1.22. The van der Waals surface area contributed by atoms with E-state index in [1.54, 1.807) is 24.3 Å². The minimum Gasteiger partial charge on any atom is -0.479 e. The molecule has 0 N–H and O–H groups in total. The molecule has 1 aliphatic rings. The molecule has 152 valence electrons. The Hall–Kier alpha value is -3.36. The van der Waals surface area contributed by atoms with Crippen molar-refractivity contribution in [1.82, 2.24) is 24.6 Å². The summed E-state index contributed by atoms with van der Waals surface area (Å²) in [5, 5.41) is 5.20. The number of piperazine rings is 1. The van der Waals surface area contributed by atoms with Crippen molar-refractivity contribution in [2.45, 2.75) is 0 Å². The summed E-state index contributed by atoms with van der Waals surface area (Å²) in [5.41, 5.74) is 2.54. The van der Waals surface area contributed by atoms with Crippen LogP contribution in [0.1, 0.15) is 10.4 Å². The summed E-state index contributed by atoms with van der Waals surface area (Å²) in [6.45, 7) is 2.79. The molecular weight excluding hydrogens is 370 g/mol. The number of nitrogens with zero attached hydrogens (tertiary/aromatic N) is 7. The zero-order valence-electron chi connectivity index (χ0n) is 17.2. The highest BCUT2D eigenvalue weighted by molar-refractivity contribution is 5.96. The van der Waals surface area contributed by atoms with Crippen LogP contribution < -0.4 is 14.5 Å². The van der Waals surface area contributed by atoms with Crippen molar-refractivity contribution in [2.75, 3.05) is 57.2 Å². The number of carbonyl (C=O) groups excluding carboxylic acids is 1. The first-order valence-electron chi connectivity index (χ1n) is 9.52. The molecule has 1 aliphatic heterocycles. The second-order valence-corrected chi connectivity index (χ2v) is 7.30. The van der Waals surface area contributed by atoms with Gasteiger partial charge in [0.25, 0.3) is 5.91 Å². The van der Waals surface area contributed by atoms with E-state index in [1.807, 2.05) is 30.0 Å². The molecule has 0 unspecified atom stereocenters. The van der Waals surface area contributed by atoms with E-state index < -0.39 is 0 Å². The van der Waals surface area contributed by atoms with E-state index in [0.29, 0.717) is 24.5 Å². The summed E-state index contributed by atoms with van der Waals surface area (Å²) < 4.78 is 6.83. The second-order valence-electron chi connectivity index (χ2n) is 7.30. The van der Waals surface area contributed by atoms with Crippen LogP contribution in [-0.4, -0.2) is 77.9 Å². The number of fused-ring (bicyclic) bond motifs is 1. The largest absolute Gasteiger partial charge is 0.479 e. The first-order valence-corrected chi connectivity index (χ1v) is 9.52. The minimum absolute atomic E-state index is 0.0450. The Bertz CT molecular complexity index is 1040. The van der Waals surface area contributed by atoms with Crippen LogP contribution in [0.4, 0.5) is 11.5 Å². The molecule has 1 aromatic carbocycles. The van der Waals surface area contributed by atoms with Crippen LogP contribution in [0.15, 0.2) is 30.7 Å². The van der Waals surface area contributed by atoms with E-state index in [9.17, 15) is 4.79 Å². The van der Waals surface area contributed by atoms with E-state index in [-0.39, 0.29) is 5.91 Å². The smallest absolute Gasteiger partial charge is 0.261 e. The third kappa shape index (κ3) is 3.55. The molecule has 0 radical (unpaired) electrons. The van der Waals surface area contributed by atoms with Gasteiger partial charge < -0.3 is 19.4 Å². The predicted octanol–water partition coefficient (Wildman–Crippen LogP) is 1.40. The van der Waals surface area contributed by atoms with Crippen LogP contribution in [0.5, 0.6) is 5.88 Å². The van der Waals surface area contributed by atoms with Crippen LogP contribution in [0.3, 0.4) is 0 Å². The van der Waals surface area contributed by atoms with E-state index in [2.05, 4.69) is 32.1 Å². The van der Waals surface area contributed by atoms with Gasteiger partial charge in [-0.1, -0.05) is 0 Å². The van der Waals surface area contributed by atoms with Gasteiger partial charge in [-0.25, -0.2) is 9.97 Å². The Balaban J connectivity index is 1.51. The number of benzene rings is 1. The van der Waals surface area contributed by atoms with E-state index in [0.717, 1.165) is 35.5 Å². The molecule has 0 aliphatic carbocycles. The Kier molecular flexibility index (Phi) is 4.96.